The molecule has 0 radical (unpaired) electrons. The Morgan fingerprint density at radius 3 is 1.41 bits per heavy atom. The molecule has 92 valence electrons. The summed E-state index contributed by atoms with van der Waals surface area (Å²) in [5.74, 6) is -1.10. The molecule has 0 aliphatic carbocycles. The fraction of sp³-hybridized carbons (Fsp3) is 0.250. The average molecular weight is 498 g/mol. The molecule has 0 saturated carbocycles. The van der Waals surface area contributed by atoms with Crippen molar-refractivity contribution in [3.8, 4) is 0 Å². The van der Waals surface area contributed by atoms with E-state index in [-0.39, 0.29) is 8.96 Å². The Labute approximate surface area is 129 Å². The first-order chi connectivity index (χ1) is 7.91. The van der Waals surface area contributed by atoms with E-state index in [4.69, 9.17) is 14.2 Å². The fourth-order valence-electron chi connectivity index (χ4n) is 1.09. The van der Waals surface area contributed by atoms with Gasteiger partial charge in [0, 0.05) is 0 Å². The minimum atomic E-state index is -0.944. The zero-order valence-corrected chi connectivity index (χ0v) is 14.1. The molecule has 2 atom stereocenters. The topological polar surface area (TPSA) is 61.8 Å². The lowest BCUT2D eigenvalue weighted by atomic mass is 10.5. The quantitative estimate of drug-likeness (QED) is 0.549. The lowest BCUT2D eigenvalue weighted by Gasteiger charge is -2.16. The van der Waals surface area contributed by atoms with Crippen LogP contribution in [0.4, 0.5) is 0 Å². The monoisotopic (exact) mass is 494 g/mol. The largest absolute Gasteiger partial charge is 0.426 e. The van der Waals surface area contributed by atoms with E-state index in [1.54, 1.807) is 0 Å². The van der Waals surface area contributed by atoms with Crippen LogP contribution in [0.25, 0.3) is 0 Å². The van der Waals surface area contributed by atoms with Crippen LogP contribution in [0.2, 0.25) is 0 Å². The van der Waals surface area contributed by atoms with E-state index < -0.39 is 24.5 Å². The van der Waals surface area contributed by atoms with Gasteiger partial charge in [0.05, 0.1) is 8.96 Å². The van der Waals surface area contributed by atoms with Crippen molar-refractivity contribution >= 4 is 75.7 Å². The minimum absolute atomic E-state index is 0.242. The third-order valence-electron chi connectivity index (χ3n) is 1.87. The Balaban J connectivity index is 2.11. The van der Waals surface area contributed by atoms with Gasteiger partial charge < -0.3 is 9.47 Å². The lowest BCUT2D eigenvalue weighted by Crippen LogP contribution is -2.24. The van der Waals surface area contributed by atoms with Gasteiger partial charge in [0.1, 0.15) is 8.96 Å². The van der Waals surface area contributed by atoms with Crippen molar-refractivity contribution in [3.63, 3.8) is 0 Å². The second-order valence-electron chi connectivity index (χ2n) is 2.93. The molecule has 0 bridgehead atoms. The molecule has 0 fully saturated rings. The van der Waals surface area contributed by atoms with Gasteiger partial charge in [-0.1, -0.05) is 0 Å². The van der Waals surface area contributed by atoms with Crippen LogP contribution in [0.15, 0.2) is 17.9 Å². The van der Waals surface area contributed by atoms with E-state index in [0.717, 1.165) is 0 Å². The van der Waals surface area contributed by atoms with E-state index in [1.165, 1.54) is 0 Å². The normalized spacial score (nSPS) is 28.9. The SMILES string of the molecule is O=C1O[C@@H](O[C@@H]2OC(=O)C(Br)=C2Br)C(Br)=C1Br. The average Bonchev–Trinajstić information content (AvgIpc) is 2.66. The summed E-state index contributed by atoms with van der Waals surface area (Å²) in [6.07, 6.45) is -1.89. The maximum Gasteiger partial charge on any atom is 0.348 e. The number of hydrogen-bond donors (Lipinski definition) is 0. The van der Waals surface area contributed by atoms with Crippen molar-refractivity contribution < 1.29 is 23.8 Å². The van der Waals surface area contributed by atoms with Gasteiger partial charge in [-0.05, 0) is 63.7 Å². The molecule has 17 heavy (non-hydrogen) atoms. The molecule has 0 aromatic carbocycles. The second kappa shape index (κ2) is 5.12. The van der Waals surface area contributed by atoms with Crippen molar-refractivity contribution in [1.29, 1.82) is 0 Å². The third-order valence-corrected chi connectivity index (χ3v) is 5.97. The van der Waals surface area contributed by atoms with Crippen molar-refractivity contribution in [2.45, 2.75) is 12.6 Å². The van der Waals surface area contributed by atoms with Gasteiger partial charge in [0.15, 0.2) is 0 Å². The molecule has 0 spiro atoms. The molecule has 2 rings (SSSR count). The maximum absolute atomic E-state index is 11.2. The maximum atomic E-state index is 11.2. The van der Waals surface area contributed by atoms with Crippen molar-refractivity contribution in [1.82, 2.24) is 0 Å². The van der Waals surface area contributed by atoms with Crippen molar-refractivity contribution in [3.05, 3.63) is 17.9 Å². The zero-order chi connectivity index (χ0) is 12.7. The number of carbonyl (C=O) groups is 2. The number of halogens is 4. The summed E-state index contributed by atoms with van der Waals surface area (Å²) < 4.78 is 16.4. The summed E-state index contributed by atoms with van der Waals surface area (Å²) in [4.78, 5) is 22.4. The highest BCUT2D eigenvalue weighted by Gasteiger charge is 2.39. The Kier molecular flexibility index (Phi) is 4.13. The van der Waals surface area contributed by atoms with Gasteiger partial charge in [-0.3, -0.25) is 4.74 Å². The smallest absolute Gasteiger partial charge is 0.348 e. The van der Waals surface area contributed by atoms with E-state index in [1.807, 2.05) is 0 Å². The number of carbonyl (C=O) groups excluding carboxylic acids is 2. The number of cyclic esters (lactones) is 2. The highest BCUT2D eigenvalue weighted by Crippen LogP contribution is 2.37. The molecule has 0 amide bonds. The molecule has 0 aromatic rings. The molecular weight excluding hydrogens is 496 g/mol. The Bertz CT molecular complexity index is 427. The molecule has 0 aromatic heterocycles. The van der Waals surface area contributed by atoms with Gasteiger partial charge in [-0.15, -0.1) is 0 Å². The fourth-order valence-corrected chi connectivity index (χ4v) is 2.38. The van der Waals surface area contributed by atoms with E-state index in [2.05, 4.69) is 63.7 Å². The van der Waals surface area contributed by atoms with Gasteiger partial charge in [-0.2, -0.15) is 0 Å². The number of rotatable bonds is 2. The minimum Gasteiger partial charge on any atom is -0.426 e. The van der Waals surface area contributed by atoms with Crippen LogP contribution in [0.5, 0.6) is 0 Å². The van der Waals surface area contributed by atoms with Crippen molar-refractivity contribution in [2.24, 2.45) is 0 Å². The summed E-state index contributed by atoms with van der Waals surface area (Å²) >= 11 is 12.4. The van der Waals surface area contributed by atoms with Crippen LogP contribution in [-0.4, -0.2) is 24.5 Å². The van der Waals surface area contributed by atoms with E-state index in [9.17, 15) is 9.59 Å². The molecular formula is C8H2Br4O5. The van der Waals surface area contributed by atoms with Gasteiger partial charge in [0.25, 0.3) is 0 Å². The highest BCUT2D eigenvalue weighted by molar-refractivity contribution is 9.14. The Morgan fingerprint density at radius 1 is 0.824 bits per heavy atom. The van der Waals surface area contributed by atoms with Gasteiger partial charge in [0.2, 0.25) is 12.6 Å². The van der Waals surface area contributed by atoms with Crippen LogP contribution in [0, 0.1) is 0 Å². The number of ether oxygens (including phenoxy) is 3. The molecule has 0 N–H and O–H groups in total. The number of hydrogen-bond acceptors (Lipinski definition) is 5. The first-order valence-corrected chi connectivity index (χ1v) is 7.26. The first-order valence-electron chi connectivity index (χ1n) is 4.09. The van der Waals surface area contributed by atoms with Crippen molar-refractivity contribution in [2.75, 3.05) is 0 Å². The highest BCUT2D eigenvalue weighted by atomic mass is 79.9. The predicted octanol–water partition coefficient (Wildman–Crippen LogP) is 2.77. The first kappa shape index (κ1) is 13.7. The molecule has 0 saturated heterocycles. The van der Waals surface area contributed by atoms with E-state index >= 15 is 0 Å². The Morgan fingerprint density at radius 2 is 1.18 bits per heavy atom. The molecule has 2 heterocycles. The molecule has 9 heteroatoms. The van der Waals surface area contributed by atoms with Gasteiger partial charge in [-0.25, -0.2) is 9.59 Å². The van der Waals surface area contributed by atoms with E-state index in [0.29, 0.717) is 8.96 Å². The summed E-state index contributed by atoms with van der Waals surface area (Å²) in [5.41, 5.74) is 0. The molecule has 2 aliphatic heterocycles. The molecule has 5 nitrogen and oxygen atoms in total. The Hall–Kier alpha value is 0.300. The standard InChI is InChI=1S/C8H2Br4O5/c9-1-3(11)7(15-5(1)13)17-8-4(12)2(10)6(14)16-8/h7-8H/t7-,8-/m0/s1. The van der Waals surface area contributed by atoms with Crippen LogP contribution in [-0.2, 0) is 23.8 Å². The third kappa shape index (κ3) is 2.53. The van der Waals surface area contributed by atoms with Gasteiger partial charge >= 0.3 is 11.9 Å². The van der Waals surface area contributed by atoms with Crippen LogP contribution >= 0.6 is 63.7 Å². The lowest BCUT2D eigenvalue weighted by molar-refractivity contribution is -0.200. The molecule has 2 aliphatic rings. The number of esters is 2. The summed E-state index contributed by atoms with van der Waals surface area (Å²) in [6, 6.07) is 0. The molecule has 0 unspecified atom stereocenters. The van der Waals surface area contributed by atoms with Crippen LogP contribution in [0.3, 0.4) is 0 Å². The summed E-state index contributed by atoms with van der Waals surface area (Å²) in [7, 11) is 0. The summed E-state index contributed by atoms with van der Waals surface area (Å²) in [6.45, 7) is 0. The zero-order valence-electron chi connectivity index (χ0n) is 7.71. The summed E-state index contributed by atoms with van der Waals surface area (Å²) in [5, 5.41) is 0. The van der Waals surface area contributed by atoms with Crippen LogP contribution in [0.1, 0.15) is 0 Å². The second-order valence-corrected chi connectivity index (χ2v) is 6.23. The predicted molar refractivity (Wildman–Crippen MR) is 70.6 cm³/mol. The van der Waals surface area contributed by atoms with Crippen LogP contribution < -0.4 is 0 Å².